The molecule has 1 aliphatic rings. The van der Waals surface area contributed by atoms with E-state index in [2.05, 4.69) is 43.9 Å². The molecule has 0 unspecified atom stereocenters. The Morgan fingerprint density at radius 3 is 2.81 bits per heavy atom. The average Bonchev–Trinajstić information content (AvgIpc) is 2.25. The lowest BCUT2D eigenvalue weighted by Crippen LogP contribution is -2.24. The van der Waals surface area contributed by atoms with Crippen LogP contribution in [-0.4, -0.2) is 17.8 Å². The first-order chi connectivity index (χ1) is 7.54. The Labute approximate surface area is 107 Å². The van der Waals surface area contributed by atoms with Crippen molar-refractivity contribution in [2.24, 2.45) is 4.99 Å². The summed E-state index contributed by atoms with van der Waals surface area (Å²) in [7, 11) is -0.964. The molecule has 86 valence electrons. The molecule has 4 heteroatoms. The van der Waals surface area contributed by atoms with Crippen LogP contribution in [0.3, 0.4) is 0 Å². The SMILES string of the molecule is C[Si](C)(C)CSC1=Nc2ccccc2CS1. The second kappa shape index (κ2) is 4.98. The highest BCUT2D eigenvalue weighted by atomic mass is 32.2. The van der Waals surface area contributed by atoms with Crippen molar-refractivity contribution in [1.29, 1.82) is 0 Å². The van der Waals surface area contributed by atoms with Gasteiger partial charge in [0.25, 0.3) is 0 Å². The molecule has 1 aromatic rings. The molecular formula is C12H17NS2Si. The molecule has 0 spiro atoms. The van der Waals surface area contributed by atoms with Crippen molar-refractivity contribution < 1.29 is 0 Å². The van der Waals surface area contributed by atoms with Crippen LogP contribution in [0.2, 0.25) is 19.6 Å². The highest BCUT2D eigenvalue weighted by Gasteiger charge is 2.17. The maximum atomic E-state index is 4.71. The van der Waals surface area contributed by atoms with Gasteiger partial charge >= 0.3 is 0 Å². The molecule has 0 saturated carbocycles. The summed E-state index contributed by atoms with van der Waals surface area (Å²) in [5, 5.41) is 1.26. The molecule has 0 aromatic heterocycles. The predicted octanol–water partition coefficient (Wildman–Crippen LogP) is 4.53. The molecule has 16 heavy (non-hydrogen) atoms. The topological polar surface area (TPSA) is 12.4 Å². The monoisotopic (exact) mass is 267 g/mol. The molecule has 0 aliphatic carbocycles. The standard InChI is InChI=1S/C12H17NS2Si/c1-16(2,3)9-15-12-13-11-7-5-4-6-10(11)8-14-12/h4-7H,8-9H2,1-3H3. The van der Waals surface area contributed by atoms with E-state index in [-0.39, 0.29) is 0 Å². The first-order valence-corrected chi connectivity index (χ1v) is 11.1. The molecule has 1 aliphatic heterocycles. The maximum absolute atomic E-state index is 4.71. The fraction of sp³-hybridized carbons (Fsp3) is 0.417. The molecular weight excluding hydrogens is 250 g/mol. The minimum absolute atomic E-state index is 0.964. The zero-order valence-corrected chi connectivity index (χ0v) is 12.6. The number of rotatable bonds is 2. The molecule has 1 aromatic carbocycles. The molecule has 0 N–H and O–H groups in total. The summed E-state index contributed by atoms with van der Waals surface area (Å²) in [6.07, 6.45) is 0. The van der Waals surface area contributed by atoms with Gasteiger partial charge in [-0.15, -0.1) is 11.8 Å². The Balaban J connectivity index is 2.07. The zero-order valence-electron chi connectivity index (χ0n) is 9.99. The molecule has 0 amide bonds. The molecule has 2 rings (SSSR count). The van der Waals surface area contributed by atoms with Gasteiger partial charge in [-0.1, -0.05) is 49.6 Å². The van der Waals surface area contributed by atoms with Crippen molar-refractivity contribution in [3.05, 3.63) is 29.8 Å². The van der Waals surface area contributed by atoms with Gasteiger partial charge in [-0.05, 0) is 17.0 Å². The van der Waals surface area contributed by atoms with Crippen LogP contribution in [0.5, 0.6) is 0 Å². The van der Waals surface area contributed by atoms with E-state index < -0.39 is 8.07 Å². The number of benzene rings is 1. The van der Waals surface area contributed by atoms with Crippen LogP contribution >= 0.6 is 23.5 Å². The number of hydrogen-bond acceptors (Lipinski definition) is 3. The van der Waals surface area contributed by atoms with E-state index in [4.69, 9.17) is 4.99 Å². The third-order valence-corrected chi connectivity index (χ3v) is 8.06. The summed E-state index contributed by atoms with van der Waals surface area (Å²) < 4.78 is 1.25. The molecule has 1 nitrogen and oxygen atoms in total. The van der Waals surface area contributed by atoms with Crippen molar-refractivity contribution in [2.75, 3.05) is 5.38 Å². The van der Waals surface area contributed by atoms with Crippen LogP contribution < -0.4 is 0 Å². The summed E-state index contributed by atoms with van der Waals surface area (Å²) in [4.78, 5) is 4.71. The number of nitrogens with zero attached hydrogens (tertiary/aromatic N) is 1. The summed E-state index contributed by atoms with van der Waals surface area (Å²) in [5.74, 6) is 1.08. The van der Waals surface area contributed by atoms with Gasteiger partial charge in [0.1, 0.15) is 4.38 Å². The van der Waals surface area contributed by atoms with E-state index in [0.717, 1.165) is 5.75 Å². The van der Waals surface area contributed by atoms with Gasteiger partial charge in [0.15, 0.2) is 0 Å². The molecule has 0 fully saturated rings. The largest absolute Gasteiger partial charge is 0.235 e. The number of fused-ring (bicyclic) bond motifs is 1. The lowest BCUT2D eigenvalue weighted by atomic mass is 10.2. The lowest BCUT2D eigenvalue weighted by molar-refractivity contribution is 1.36. The molecule has 0 bridgehead atoms. The van der Waals surface area contributed by atoms with E-state index in [9.17, 15) is 0 Å². The van der Waals surface area contributed by atoms with Gasteiger partial charge in [0.2, 0.25) is 0 Å². The molecule has 1 heterocycles. The Bertz CT molecular complexity index is 410. The fourth-order valence-electron chi connectivity index (χ4n) is 1.36. The summed E-state index contributed by atoms with van der Waals surface area (Å²) in [6.45, 7) is 7.21. The second-order valence-corrected chi connectivity index (χ2v) is 13.3. The zero-order chi connectivity index (χ0) is 11.6. The Morgan fingerprint density at radius 2 is 2.06 bits per heavy atom. The van der Waals surface area contributed by atoms with E-state index in [0.29, 0.717) is 0 Å². The van der Waals surface area contributed by atoms with Crippen LogP contribution in [0.1, 0.15) is 5.56 Å². The molecule has 0 saturated heterocycles. The van der Waals surface area contributed by atoms with Crippen molar-refractivity contribution in [2.45, 2.75) is 25.4 Å². The Kier molecular flexibility index (Phi) is 3.82. The van der Waals surface area contributed by atoms with E-state index >= 15 is 0 Å². The number of para-hydroxylation sites is 1. The van der Waals surface area contributed by atoms with Crippen LogP contribution in [-0.2, 0) is 5.75 Å². The highest BCUT2D eigenvalue weighted by molar-refractivity contribution is 8.39. The Morgan fingerprint density at radius 1 is 1.31 bits per heavy atom. The normalized spacial score (nSPS) is 15.6. The van der Waals surface area contributed by atoms with Crippen molar-refractivity contribution in [3.63, 3.8) is 0 Å². The lowest BCUT2D eigenvalue weighted by Gasteiger charge is -2.18. The first kappa shape index (κ1) is 12.3. The Hall–Kier alpha value is -0.193. The van der Waals surface area contributed by atoms with Gasteiger partial charge < -0.3 is 0 Å². The number of hydrogen-bond donors (Lipinski definition) is 0. The summed E-state index contributed by atoms with van der Waals surface area (Å²) >= 11 is 3.82. The van der Waals surface area contributed by atoms with Crippen molar-refractivity contribution in [1.82, 2.24) is 0 Å². The minimum Gasteiger partial charge on any atom is -0.235 e. The van der Waals surface area contributed by atoms with Crippen LogP contribution in [0.4, 0.5) is 5.69 Å². The van der Waals surface area contributed by atoms with E-state index in [1.54, 1.807) is 0 Å². The maximum Gasteiger partial charge on any atom is 0.130 e. The summed E-state index contributed by atoms with van der Waals surface area (Å²) in [6, 6.07) is 8.45. The fourth-order valence-corrected chi connectivity index (χ4v) is 5.48. The average molecular weight is 267 g/mol. The van der Waals surface area contributed by atoms with Crippen LogP contribution in [0.25, 0.3) is 0 Å². The number of aliphatic imine (C=N–C) groups is 1. The smallest absolute Gasteiger partial charge is 0.130 e. The summed E-state index contributed by atoms with van der Waals surface area (Å²) in [5.41, 5.74) is 2.53. The quantitative estimate of drug-likeness (QED) is 0.730. The van der Waals surface area contributed by atoms with Gasteiger partial charge in [0, 0.05) is 5.75 Å². The molecule has 0 radical (unpaired) electrons. The van der Waals surface area contributed by atoms with E-state index in [1.165, 1.54) is 21.0 Å². The molecule has 0 atom stereocenters. The minimum atomic E-state index is -0.964. The van der Waals surface area contributed by atoms with Crippen LogP contribution in [0, 0.1) is 0 Å². The third-order valence-electron chi connectivity index (χ3n) is 2.18. The van der Waals surface area contributed by atoms with Gasteiger partial charge in [-0.2, -0.15) is 0 Å². The second-order valence-electron chi connectivity index (χ2n) is 5.14. The number of thioether (sulfide) groups is 2. The van der Waals surface area contributed by atoms with E-state index in [1.807, 2.05) is 23.5 Å². The van der Waals surface area contributed by atoms with Crippen molar-refractivity contribution >= 4 is 41.7 Å². The van der Waals surface area contributed by atoms with Gasteiger partial charge in [0.05, 0.1) is 13.8 Å². The van der Waals surface area contributed by atoms with Crippen molar-refractivity contribution in [3.8, 4) is 0 Å². The van der Waals surface area contributed by atoms with Crippen LogP contribution in [0.15, 0.2) is 29.3 Å². The van der Waals surface area contributed by atoms with Gasteiger partial charge in [-0.3, -0.25) is 0 Å². The van der Waals surface area contributed by atoms with Gasteiger partial charge in [-0.25, -0.2) is 4.99 Å². The highest BCUT2D eigenvalue weighted by Crippen LogP contribution is 2.35. The predicted molar refractivity (Wildman–Crippen MR) is 80.6 cm³/mol. The third kappa shape index (κ3) is 3.40. The first-order valence-electron chi connectivity index (χ1n) is 5.47.